The van der Waals surface area contributed by atoms with Crippen LogP contribution in [0.1, 0.15) is 21.5 Å². The molecule has 0 spiro atoms. The molecule has 9 heteroatoms. The number of rotatable bonds is 9. The summed E-state index contributed by atoms with van der Waals surface area (Å²) < 4.78 is 31.7. The van der Waals surface area contributed by atoms with E-state index < -0.39 is 10.0 Å². The third-order valence-corrected chi connectivity index (χ3v) is 6.54. The van der Waals surface area contributed by atoms with E-state index in [1.54, 1.807) is 54.6 Å². The molecule has 1 amide bonds. The van der Waals surface area contributed by atoms with Gasteiger partial charge >= 0.3 is 0 Å². The van der Waals surface area contributed by atoms with Crippen LogP contribution in [-0.2, 0) is 16.6 Å². The van der Waals surface area contributed by atoms with Gasteiger partial charge in [-0.1, -0.05) is 53.5 Å². The SMILES string of the molecule is Cc1ccc(Cl)cc1N(Cc1ccc(C(=O)NCCOc2ccccc2Cl)cc1)S(C)(=O)=O. The normalized spacial score (nSPS) is 11.2. The number of nitrogens with one attached hydrogen (secondary N) is 1. The second-order valence-electron chi connectivity index (χ2n) is 7.43. The molecule has 174 valence electrons. The topological polar surface area (TPSA) is 75.7 Å². The van der Waals surface area contributed by atoms with Gasteiger partial charge in [0.15, 0.2) is 0 Å². The fraction of sp³-hybridized carbons (Fsp3) is 0.208. The largest absolute Gasteiger partial charge is 0.490 e. The van der Waals surface area contributed by atoms with Gasteiger partial charge in [-0.15, -0.1) is 0 Å². The highest BCUT2D eigenvalue weighted by atomic mass is 35.5. The summed E-state index contributed by atoms with van der Waals surface area (Å²) in [4.78, 5) is 12.4. The van der Waals surface area contributed by atoms with E-state index in [9.17, 15) is 13.2 Å². The number of anilines is 1. The lowest BCUT2D eigenvalue weighted by Crippen LogP contribution is -2.30. The quantitative estimate of drug-likeness (QED) is 0.410. The zero-order chi connectivity index (χ0) is 24.0. The van der Waals surface area contributed by atoms with Gasteiger partial charge in [0.1, 0.15) is 12.4 Å². The average molecular weight is 507 g/mol. The minimum absolute atomic E-state index is 0.119. The number of nitrogens with zero attached hydrogens (tertiary/aromatic N) is 1. The van der Waals surface area contributed by atoms with E-state index >= 15 is 0 Å². The van der Waals surface area contributed by atoms with Gasteiger partial charge in [0.25, 0.3) is 5.91 Å². The summed E-state index contributed by atoms with van der Waals surface area (Å²) in [5, 5.41) is 3.75. The maximum Gasteiger partial charge on any atom is 0.251 e. The maximum atomic E-state index is 12.4. The molecule has 0 heterocycles. The van der Waals surface area contributed by atoms with Gasteiger partial charge in [0, 0.05) is 10.6 Å². The zero-order valence-corrected chi connectivity index (χ0v) is 20.5. The highest BCUT2D eigenvalue weighted by molar-refractivity contribution is 7.92. The van der Waals surface area contributed by atoms with E-state index in [1.165, 1.54) is 4.31 Å². The van der Waals surface area contributed by atoms with Gasteiger partial charge in [-0.3, -0.25) is 9.10 Å². The van der Waals surface area contributed by atoms with Crippen LogP contribution >= 0.6 is 23.2 Å². The van der Waals surface area contributed by atoms with Crippen molar-refractivity contribution in [2.24, 2.45) is 0 Å². The Morgan fingerprint density at radius 2 is 1.73 bits per heavy atom. The van der Waals surface area contributed by atoms with E-state index in [2.05, 4.69) is 5.32 Å². The summed E-state index contributed by atoms with van der Waals surface area (Å²) in [5.41, 5.74) is 2.50. The Labute approximate surface area is 204 Å². The van der Waals surface area contributed by atoms with Crippen molar-refractivity contribution in [1.82, 2.24) is 5.32 Å². The molecule has 0 fully saturated rings. The smallest absolute Gasteiger partial charge is 0.251 e. The predicted octanol–water partition coefficient (Wildman–Crippen LogP) is 5.08. The molecule has 0 bridgehead atoms. The second kappa shape index (κ2) is 10.9. The molecule has 0 saturated carbocycles. The van der Waals surface area contributed by atoms with Gasteiger partial charge < -0.3 is 10.1 Å². The molecule has 0 aliphatic heterocycles. The zero-order valence-electron chi connectivity index (χ0n) is 18.2. The van der Waals surface area contributed by atoms with Crippen molar-refractivity contribution in [1.29, 1.82) is 0 Å². The second-order valence-corrected chi connectivity index (χ2v) is 10.2. The van der Waals surface area contributed by atoms with Gasteiger partial charge in [-0.2, -0.15) is 0 Å². The first-order valence-corrected chi connectivity index (χ1v) is 12.7. The molecule has 0 unspecified atom stereocenters. The standard InChI is InChI=1S/C24H24Cl2N2O4S/c1-17-7-12-20(25)15-22(17)28(33(2,30)31)16-18-8-10-19(11-9-18)24(29)27-13-14-32-23-6-4-3-5-21(23)26/h3-12,15H,13-14,16H2,1-2H3,(H,27,29). The molecule has 0 aromatic heterocycles. The van der Waals surface area contributed by atoms with Gasteiger partial charge in [0.2, 0.25) is 10.0 Å². The highest BCUT2D eigenvalue weighted by Gasteiger charge is 2.20. The van der Waals surface area contributed by atoms with Crippen LogP contribution < -0.4 is 14.4 Å². The van der Waals surface area contributed by atoms with Gasteiger partial charge in [0.05, 0.1) is 30.1 Å². The van der Waals surface area contributed by atoms with Crippen LogP contribution in [0.3, 0.4) is 0 Å². The summed E-state index contributed by atoms with van der Waals surface area (Å²) >= 11 is 12.1. The molecular formula is C24H24Cl2N2O4S. The average Bonchev–Trinajstić information content (AvgIpc) is 2.77. The Morgan fingerprint density at radius 1 is 1.03 bits per heavy atom. The van der Waals surface area contributed by atoms with Crippen molar-refractivity contribution in [3.8, 4) is 5.75 Å². The summed E-state index contributed by atoms with van der Waals surface area (Å²) in [6.07, 6.45) is 1.15. The summed E-state index contributed by atoms with van der Waals surface area (Å²) in [6.45, 7) is 2.53. The van der Waals surface area contributed by atoms with Crippen LogP contribution in [0.5, 0.6) is 5.75 Å². The van der Waals surface area contributed by atoms with Crippen molar-refractivity contribution >= 4 is 44.8 Å². The fourth-order valence-corrected chi connectivity index (χ4v) is 4.44. The molecule has 0 aliphatic carbocycles. The third-order valence-electron chi connectivity index (χ3n) is 4.86. The molecule has 0 aliphatic rings. The molecule has 6 nitrogen and oxygen atoms in total. The van der Waals surface area contributed by atoms with Crippen molar-refractivity contribution in [2.75, 3.05) is 23.7 Å². The number of hydrogen-bond acceptors (Lipinski definition) is 4. The van der Waals surface area contributed by atoms with Crippen LogP contribution in [0.4, 0.5) is 5.69 Å². The Morgan fingerprint density at radius 3 is 2.39 bits per heavy atom. The Bertz CT molecular complexity index is 1230. The lowest BCUT2D eigenvalue weighted by Gasteiger charge is -2.24. The fourth-order valence-electron chi connectivity index (χ4n) is 3.15. The van der Waals surface area contributed by atoms with Crippen LogP contribution in [0.2, 0.25) is 10.0 Å². The van der Waals surface area contributed by atoms with Crippen molar-refractivity contribution < 1.29 is 17.9 Å². The monoisotopic (exact) mass is 506 g/mol. The Kier molecular flexibility index (Phi) is 8.24. The van der Waals surface area contributed by atoms with Crippen molar-refractivity contribution in [2.45, 2.75) is 13.5 Å². The van der Waals surface area contributed by atoms with E-state index in [-0.39, 0.29) is 19.1 Å². The Hall–Kier alpha value is -2.74. The van der Waals surface area contributed by atoms with E-state index in [0.29, 0.717) is 33.6 Å². The summed E-state index contributed by atoms with van der Waals surface area (Å²) in [5.74, 6) is 0.304. The van der Waals surface area contributed by atoms with Crippen molar-refractivity contribution in [3.63, 3.8) is 0 Å². The Balaban J connectivity index is 1.62. The molecule has 0 radical (unpaired) electrons. The summed E-state index contributed by atoms with van der Waals surface area (Å²) in [7, 11) is -3.55. The number of hydrogen-bond donors (Lipinski definition) is 1. The van der Waals surface area contributed by atoms with E-state index in [4.69, 9.17) is 27.9 Å². The molecule has 33 heavy (non-hydrogen) atoms. The molecular weight excluding hydrogens is 483 g/mol. The number of carbonyl (C=O) groups excluding carboxylic acids is 1. The number of benzene rings is 3. The predicted molar refractivity (Wildman–Crippen MR) is 133 cm³/mol. The number of sulfonamides is 1. The van der Waals surface area contributed by atoms with Crippen LogP contribution in [0, 0.1) is 6.92 Å². The van der Waals surface area contributed by atoms with Gasteiger partial charge in [-0.05, 0) is 54.4 Å². The number of halogens is 2. The lowest BCUT2D eigenvalue weighted by molar-refractivity contribution is 0.0947. The summed E-state index contributed by atoms with van der Waals surface area (Å²) in [6, 6.07) is 19.0. The molecule has 3 aromatic carbocycles. The van der Waals surface area contributed by atoms with Crippen LogP contribution in [0.25, 0.3) is 0 Å². The van der Waals surface area contributed by atoms with E-state index in [0.717, 1.165) is 17.4 Å². The van der Waals surface area contributed by atoms with Crippen LogP contribution in [-0.4, -0.2) is 33.7 Å². The first-order valence-electron chi connectivity index (χ1n) is 10.1. The lowest BCUT2D eigenvalue weighted by atomic mass is 10.1. The maximum absolute atomic E-state index is 12.4. The first kappa shape index (κ1) is 24.9. The molecule has 3 rings (SSSR count). The first-order chi connectivity index (χ1) is 15.6. The minimum Gasteiger partial charge on any atom is -0.490 e. The minimum atomic E-state index is -3.55. The molecule has 1 N–H and O–H groups in total. The van der Waals surface area contributed by atoms with E-state index in [1.807, 2.05) is 19.1 Å². The number of para-hydroxylation sites is 1. The number of carbonyl (C=O) groups is 1. The molecule has 0 atom stereocenters. The number of amides is 1. The number of ether oxygens (including phenoxy) is 1. The highest BCUT2D eigenvalue weighted by Crippen LogP contribution is 2.28. The van der Waals surface area contributed by atoms with Gasteiger partial charge in [-0.25, -0.2) is 8.42 Å². The third kappa shape index (κ3) is 6.87. The molecule has 3 aromatic rings. The molecule has 0 saturated heterocycles. The number of aryl methyl sites for hydroxylation is 1. The van der Waals surface area contributed by atoms with Crippen LogP contribution in [0.15, 0.2) is 66.7 Å². The van der Waals surface area contributed by atoms with Crippen molar-refractivity contribution in [3.05, 3.63) is 93.5 Å².